The number of ether oxygens (including phenoxy) is 1. The summed E-state index contributed by atoms with van der Waals surface area (Å²) >= 11 is 0. The summed E-state index contributed by atoms with van der Waals surface area (Å²) in [5, 5.41) is 3.34. The maximum absolute atomic E-state index is 12.5. The van der Waals surface area contributed by atoms with Crippen LogP contribution in [0, 0.1) is 5.41 Å². The molecule has 18 heavy (non-hydrogen) atoms. The van der Waals surface area contributed by atoms with Crippen LogP contribution in [0.5, 0.6) is 0 Å². The van der Waals surface area contributed by atoms with Crippen molar-refractivity contribution in [3.05, 3.63) is 0 Å². The second kappa shape index (κ2) is 6.73. The molecule has 2 aliphatic rings. The molecule has 1 atom stereocenters. The maximum atomic E-state index is 12.5. The number of halogens is 1. The third kappa shape index (κ3) is 3.37. The van der Waals surface area contributed by atoms with Crippen LogP contribution in [-0.2, 0) is 9.53 Å². The normalized spacial score (nSPS) is 29.8. The van der Waals surface area contributed by atoms with Gasteiger partial charge in [-0.1, -0.05) is 0 Å². The molecule has 0 spiro atoms. The zero-order valence-corrected chi connectivity index (χ0v) is 12.2. The number of piperidine rings is 2. The van der Waals surface area contributed by atoms with E-state index in [0.717, 1.165) is 51.9 Å². The van der Waals surface area contributed by atoms with Crippen molar-refractivity contribution >= 4 is 18.3 Å². The van der Waals surface area contributed by atoms with Gasteiger partial charge in [-0.3, -0.25) is 4.79 Å². The van der Waals surface area contributed by atoms with Crippen LogP contribution in [0.15, 0.2) is 0 Å². The van der Waals surface area contributed by atoms with Gasteiger partial charge in [0.05, 0.1) is 11.5 Å². The fourth-order valence-corrected chi connectivity index (χ4v) is 2.92. The predicted octanol–water partition coefficient (Wildman–Crippen LogP) is 1.44. The smallest absolute Gasteiger partial charge is 0.229 e. The lowest BCUT2D eigenvalue weighted by molar-refractivity contribution is -0.144. The molecule has 0 aromatic carbocycles. The maximum Gasteiger partial charge on any atom is 0.229 e. The zero-order chi connectivity index (χ0) is 12.3. The number of amides is 1. The molecular formula is C13H25ClN2O2. The molecular weight excluding hydrogens is 252 g/mol. The van der Waals surface area contributed by atoms with E-state index in [9.17, 15) is 4.79 Å². The van der Waals surface area contributed by atoms with Crippen LogP contribution >= 0.6 is 12.4 Å². The molecule has 0 aromatic heterocycles. The van der Waals surface area contributed by atoms with Gasteiger partial charge < -0.3 is 15.0 Å². The number of nitrogens with zero attached hydrogens (tertiary/aromatic N) is 1. The van der Waals surface area contributed by atoms with Gasteiger partial charge in [0, 0.05) is 26.7 Å². The monoisotopic (exact) mass is 276 g/mol. The Morgan fingerprint density at radius 3 is 2.56 bits per heavy atom. The van der Waals surface area contributed by atoms with Crippen molar-refractivity contribution in [2.75, 3.05) is 33.3 Å². The predicted molar refractivity (Wildman–Crippen MR) is 74.1 cm³/mol. The van der Waals surface area contributed by atoms with Gasteiger partial charge in [-0.25, -0.2) is 0 Å². The summed E-state index contributed by atoms with van der Waals surface area (Å²) in [6, 6.07) is 0. The van der Waals surface area contributed by atoms with Crippen molar-refractivity contribution in [2.24, 2.45) is 5.41 Å². The molecule has 1 unspecified atom stereocenters. The van der Waals surface area contributed by atoms with Crippen LogP contribution < -0.4 is 5.32 Å². The second-order valence-corrected chi connectivity index (χ2v) is 5.57. The van der Waals surface area contributed by atoms with Crippen LogP contribution in [-0.4, -0.2) is 50.2 Å². The van der Waals surface area contributed by atoms with E-state index in [1.54, 1.807) is 7.11 Å². The summed E-state index contributed by atoms with van der Waals surface area (Å²) in [4.78, 5) is 14.5. The van der Waals surface area contributed by atoms with Crippen molar-refractivity contribution in [1.29, 1.82) is 0 Å². The van der Waals surface area contributed by atoms with Crippen molar-refractivity contribution < 1.29 is 9.53 Å². The Bertz CT molecular complexity index is 272. The fraction of sp³-hybridized carbons (Fsp3) is 0.923. The molecule has 0 bridgehead atoms. The molecule has 1 amide bonds. The first-order chi connectivity index (χ1) is 8.15. The van der Waals surface area contributed by atoms with Crippen molar-refractivity contribution in [1.82, 2.24) is 10.2 Å². The lowest BCUT2D eigenvalue weighted by Crippen LogP contribution is -2.52. The molecule has 0 radical (unpaired) electrons. The van der Waals surface area contributed by atoms with E-state index in [2.05, 4.69) is 12.2 Å². The van der Waals surface area contributed by atoms with Crippen LogP contribution in [0.2, 0.25) is 0 Å². The van der Waals surface area contributed by atoms with Gasteiger partial charge in [-0.05, 0) is 39.2 Å². The van der Waals surface area contributed by atoms with Crippen LogP contribution in [0.3, 0.4) is 0 Å². The van der Waals surface area contributed by atoms with Crippen molar-refractivity contribution in [3.63, 3.8) is 0 Å². The third-order valence-electron chi connectivity index (χ3n) is 4.18. The van der Waals surface area contributed by atoms with Crippen molar-refractivity contribution in [3.8, 4) is 0 Å². The molecule has 1 N–H and O–H groups in total. The fourth-order valence-electron chi connectivity index (χ4n) is 2.92. The van der Waals surface area contributed by atoms with Crippen molar-refractivity contribution in [2.45, 2.75) is 38.7 Å². The Morgan fingerprint density at radius 1 is 1.39 bits per heavy atom. The van der Waals surface area contributed by atoms with Crippen LogP contribution in [0.25, 0.3) is 0 Å². The molecule has 0 aliphatic carbocycles. The van der Waals surface area contributed by atoms with Gasteiger partial charge in [0.2, 0.25) is 5.91 Å². The lowest BCUT2D eigenvalue weighted by atomic mass is 9.81. The van der Waals surface area contributed by atoms with Gasteiger partial charge in [0.15, 0.2) is 0 Å². The highest BCUT2D eigenvalue weighted by Gasteiger charge is 2.38. The summed E-state index contributed by atoms with van der Waals surface area (Å²) < 4.78 is 5.34. The standard InChI is InChI=1S/C13H24N2O2.ClH/c1-13(6-3-7-14-10-13)12(16)15-8-4-11(17-2)5-9-15;/h11,14H,3-10H2,1-2H3;1H. The van der Waals surface area contributed by atoms with E-state index in [-0.39, 0.29) is 17.8 Å². The number of hydrogen-bond acceptors (Lipinski definition) is 3. The minimum absolute atomic E-state index is 0. The third-order valence-corrected chi connectivity index (χ3v) is 4.18. The molecule has 106 valence electrons. The number of hydrogen-bond donors (Lipinski definition) is 1. The SMILES string of the molecule is COC1CCN(C(=O)C2(C)CCCNC2)CC1.Cl. The Balaban J connectivity index is 0.00000162. The highest BCUT2D eigenvalue weighted by Crippen LogP contribution is 2.29. The van der Waals surface area contributed by atoms with Gasteiger partial charge in [-0.2, -0.15) is 0 Å². The van der Waals surface area contributed by atoms with Crippen LogP contribution in [0.1, 0.15) is 32.6 Å². The Hall–Kier alpha value is -0.320. The molecule has 2 aliphatic heterocycles. The summed E-state index contributed by atoms with van der Waals surface area (Å²) in [6.07, 6.45) is 4.42. The Kier molecular flexibility index (Phi) is 5.89. The molecule has 2 saturated heterocycles. The zero-order valence-electron chi connectivity index (χ0n) is 11.4. The molecule has 4 nitrogen and oxygen atoms in total. The molecule has 2 rings (SSSR count). The second-order valence-electron chi connectivity index (χ2n) is 5.57. The van der Waals surface area contributed by atoms with E-state index < -0.39 is 0 Å². The van der Waals surface area contributed by atoms with E-state index in [4.69, 9.17) is 4.74 Å². The average Bonchev–Trinajstić information content (AvgIpc) is 2.39. The number of rotatable bonds is 2. The molecule has 2 fully saturated rings. The summed E-state index contributed by atoms with van der Waals surface area (Å²) in [5.74, 6) is 0.333. The Labute approximate surface area is 116 Å². The largest absolute Gasteiger partial charge is 0.381 e. The quantitative estimate of drug-likeness (QED) is 0.830. The van der Waals surface area contributed by atoms with Gasteiger partial charge in [0.1, 0.15) is 0 Å². The Morgan fingerprint density at radius 2 is 2.06 bits per heavy atom. The van der Waals surface area contributed by atoms with E-state index in [1.165, 1.54) is 0 Å². The highest BCUT2D eigenvalue weighted by atomic mass is 35.5. The number of carbonyl (C=O) groups is 1. The number of carbonyl (C=O) groups excluding carboxylic acids is 1. The first kappa shape index (κ1) is 15.7. The molecule has 5 heteroatoms. The number of nitrogens with one attached hydrogen (secondary N) is 1. The van der Waals surface area contributed by atoms with E-state index >= 15 is 0 Å². The van der Waals surface area contributed by atoms with Crippen LogP contribution in [0.4, 0.5) is 0 Å². The lowest BCUT2D eigenvalue weighted by Gasteiger charge is -2.40. The first-order valence-corrected chi connectivity index (χ1v) is 6.68. The minimum atomic E-state index is -0.182. The number of likely N-dealkylation sites (tertiary alicyclic amines) is 1. The van der Waals surface area contributed by atoms with Gasteiger partial charge in [0.25, 0.3) is 0 Å². The topological polar surface area (TPSA) is 41.6 Å². The van der Waals surface area contributed by atoms with Gasteiger partial charge >= 0.3 is 0 Å². The summed E-state index contributed by atoms with van der Waals surface area (Å²) in [6.45, 7) is 5.69. The summed E-state index contributed by atoms with van der Waals surface area (Å²) in [5.41, 5.74) is -0.182. The highest BCUT2D eigenvalue weighted by molar-refractivity contribution is 5.85. The summed E-state index contributed by atoms with van der Waals surface area (Å²) in [7, 11) is 1.76. The molecule has 2 heterocycles. The number of methoxy groups -OCH3 is 1. The minimum Gasteiger partial charge on any atom is -0.381 e. The average molecular weight is 277 g/mol. The van der Waals surface area contributed by atoms with E-state index in [0.29, 0.717) is 12.0 Å². The molecule has 0 saturated carbocycles. The van der Waals surface area contributed by atoms with Gasteiger partial charge in [-0.15, -0.1) is 12.4 Å². The molecule has 0 aromatic rings. The first-order valence-electron chi connectivity index (χ1n) is 6.68. The van der Waals surface area contributed by atoms with E-state index in [1.807, 2.05) is 4.90 Å².